The van der Waals surface area contributed by atoms with E-state index in [2.05, 4.69) is 0 Å². The number of alkyl halides is 3. The highest BCUT2D eigenvalue weighted by atomic mass is 19.4. The van der Waals surface area contributed by atoms with Crippen molar-refractivity contribution >= 4 is 11.6 Å². The fraction of sp³-hybridized carbons (Fsp3) is 0.316. The highest BCUT2D eigenvalue weighted by Gasteiger charge is 2.46. The summed E-state index contributed by atoms with van der Waals surface area (Å²) in [5, 5.41) is 0. The van der Waals surface area contributed by atoms with Gasteiger partial charge < -0.3 is 4.90 Å². The van der Waals surface area contributed by atoms with Crippen LogP contribution in [0.25, 0.3) is 0 Å². The number of anilines is 1. The first kappa shape index (κ1) is 16.6. The lowest BCUT2D eigenvalue weighted by atomic mass is 10.1. The van der Waals surface area contributed by atoms with Gasteiger partial charge in [0.2, 0.25) is 5.91 Å². The van der Waals surface area contributed by atoms with E-state index in [-0.39, 0.29) is 17.7 Å². The van der Waals surface area contributed by atoms with Crippen molar-refractivity contribution in [3.8, 4) is 0 Å². The number of para-hydroxylation sites is 1. The molecule has 1 amide bonds. The van der Waals surface area contributed by atoms with Crippen LogP contribution in [-0.2, 0) is 11.0 Å². The minimum atomic E-state index is -4.33. The Kier molecular flexibility index (Phi) is 4.35. The Morgan fingerprint density at radius 3 is 2.25 bits per heavy atom. The van der Waals surface area contributed by atoms with Crippen molar-refractivity contribution in [2.75, 3.05) is 11.4 Å². The fourth-order valence-electron chi connectivity index (χ4n) is 3.03. The molecular formula is C19H18F3NO. The molecule has 3 rings (SSSR count). The number of carbonyl (C=O) groups is 1. The molecule has 2 unspecified atom stereocenters. The van der Waals surface area contributed by atoms with Gasteiger partial charge in [0.05, 0.1) is 5.56 Å². The van der Waals surface area contributed by atoms with Crippen LogP contribution in [-0.4, -0.2) is 12.5 Å². The Morgan fingerprint density at radius 1 is 1.08 bits per heavy atom. The molecule has 2 nitrogen and oxygen atoms in total. The van der Waals surface area contributed by atoms with Gasteiger partial charge in [-0.05, 0) is 49.1 Å². The maximum atomic E-state index is 12.7. The Labute approximate surface area is 138 Å². The van der Waals surface area contributed by atoms with Crippen LogP contribution < -0.4 is 4.90 Å². The summed E-state index contributed by atoms with van der Waals surface area (Å²) in [6.45, 7) is 2.49. The molecule has 5 heteroatoms. The van der Waals surface area contributed by atoms with Crippen LogP contribution >= 0.6 is 0 Å². The van der Waals surface area contributed by atoms with E-state index in [1.54, 1.807) is 4.90 Å². The third-order valence-electron chi connectivity index (χ3n) is 4.42. The Hall–Kier alpha value is -2.30. The van der Waals surface area contributed by atoms with Crippen LogP contribution in [0.1, 0.15) is 30.4 Å². The summed E-state index contributed by atoms with van der Waals surface area (Å²) in [6, 6.07) is 14.6. The zero-order valence-corrected chi connectivity index (χ0v) is 13.3. The number of amides is 1. The third kappa shape index (κ3) is 3.30. The van der Waals surface area contributed by atoms with Crippen LogP contribution in [0.3, 0.4) is 0 Å². The molecule has 0 aromatic heterocycles. The summed E-state index contributed by atoms with van der Waals surface area (Å²) >= 11 is 0. The van der Waals surface area contributed by atoms with Crippen molar-refractivity contribution in [3.63, 3.8) is 0 Å². The summed E-state index contributed by atoms with van der Waals surface area (Å²) < 4.78 is 37.9. The van der Waals surface area contributed by atoms with E-state index in [1.165, 1.54) is 12.1 Å². The van der Waals surface area contributed by atoms with Gasteiger partial charge in [-0.2, -0.15) is 13.2 Å². The van der Waals surface area contributed by atoms with E-state index >= 15 is 0 Å². The van der Waals surface area contributed by atoms with Gasteiger partial charge in [-0.3, -0.25) is 4.79 Å². The zero-order valence-electron chi connectivity index (χ0n) is 13.3. The van der Waals surface area contributed by atoms with Crippen LogP contribution in [0, 0.1) is 5.92 Å². The second-order valence-corrected chi connectivity index (χ2v) is 5.99. The van der Waals surface area contributed by atoms with E-state index in [1.807, 2.05) is 37.3 Å². The molecule has 0 bridgehead atoms. The molecule has 2 aromatic rings. The maximum Gasteiger partial charge on any atom is 0.416 e. The summed E-state index contributed by atoms with van der Waals surface area (Å²) in [5.74, 6) is -0.104. The highest BCUT2D eigenvalue weighted by molar-refractivity contribution is 5.97. The Morgan fingerprint density at radius 2 is 1.71 bits per heavy atom. The van der Waals surface area contributed by atoms with Crippen molar-refractivity contribution in [2.45, 2.75) is 25.4 Å². The molecule has 0 heterocycles. The van der Waals surface area contributed by atoms with Crippen molar-refractivity contribution < 1.29 is 18.0 Å². The molecule has 0 N–H and O–H groups in total. The number of halogens is 3. The summed E-state index contributed by atoms with van der Waals surface area (Å²) in [7, 11) is 0. The Bertz CT molecular complexity index is 710. The lowest BCUT2D eigenvalue weighted by Gasteiger charge is -2.21. The van der Waals surface area contributed by atoms with Gasteiger partial charge in [0.1, 0.15) is 0 Å². The molecule has 1 saturated carbocycles. The lowest BCUT2D eigenvalue weighted by molar-refractivity contribution is -0.137. The monoisotopic (exact) mass is 333 g/mol. The van der Waals surface area contributed by atoms with E-state index < -0.39 is 11.7 Å². The van der Waals surface area contributed by atoms with Crippen LogP contribution in [0.2, 0.25) is 0 Å². The predicted molar refractivity (Wildman–Crippen MR) is 86.8 cm³/mol. The first-order valence-corrected chi connectivity index (χ1v) is 7.95. The molecule has 24 heavy (non-hydrogen) atoms. The molecule has 1 aliphatic rings. The quantitative estimate of drug-likeness (QED) is 0.782. The first-order valence-electron chi connectivity index (χ1n) is 7.95. The predicted octanol–water partition coefficient (Wildman–Crippen LogP) is 4.86. The number of rotatable bonds is 4. The van der Waals surface area contributed by atoms with Crippen LogP contribution in [0.15, 0.2) is 54.6 Å². The molecule has 0 saturated heterocycles. The largest absolute Gasteiger partial charge is 0.416 e. The number of carbonyl (C=O) groups excluding carboxylic acids is 1. The summed E-state index contributed by atoms with van der Waals surface area (Å²) in [6.07, 6.45) is -3.64. The van der Waals surface area contributed by atoms with Gasteiger partial charge in [0, 0.05) is 18.2 Å². The second kappa shape index (κ2) is 6.30. The molecular weight excluding hydrogens is 315 g/mol. The van der Waals surface area contributed by atoms with E-state index in [4.69, 9.17) is 0 Å². The minimum Gasteiger partial charge on any atom is -0.312 e. The lowest BCUT2D eigenvalue weighted by Crippen LogP contribution is -2.32. The van der Waals surface area contributed by atoms with Gasteiger partial charge in [-0.1, -0.05) is 30.3 Å². The third-order valence-corrected chi connectivity index (χ3v) is 4.42. The summed E-state index contributed by atoms with van der Waals surface area (Å²) in [4.78, 5) is 14.4. The van der Waals surface area contributed by atoms with Gasteiger partial charge in [0.15, 0.2) is 0 Å². The van der Waals surface area contributed by atoms with E-state index in [0.717, 1.165) is 23.4 Å². The van der Waals surface area contributed by atoms with Gasteiger partial charge in [-0.25, -0.2) is 0 Å². The van der Waals surface area contributed by atoms with Crippen LogP contribution in [0.4, 0.5) is 18.9 Å². The molecule has 2 aromatic carbocycles. The molecule has 0 spiro atoms. The fourth-order valence-corrected chi connectivity index (χ4v) is 3.03. The van der Waals surface area contributed by atoms with E-state index in [0.29, 0.717) is 13.0 Å². The average Bonchev–Trinajstić information content (AvgIpc) is 3.36. The van der Waals surface area contributed by atoms with Gasteiger partial charge >= 0.3 is 6.18 Å². The standard InChI is InChI=1S/C19H18F3NO/c1-2-23(15-6-4-3-5-7-15)18(24)17-12-16(17)13-8-10-14(11-9-13)19(20,21)22/h3-11,16-17H,2,12H2,1H3. The maximum absolute atomic E-state index is 12.7. The second-order valence-electron chi connectivity index (χ2n) is 5.99. The number of hydrogen-bond donors (Lipinski definition) is 0. The molecule has 1 fully saturated rings. The SMILES string of the molecule is CCN(C(=O)C1CC1c1ccc(C(F)(F)F)cc1)c1ccccc1. The number of benzene rings is 2. The van der Waals surface area contributed by atoms with Crippen molar-refractivity contribution in [3.05, 3.63) is 65.7 Å². The van der Waals surface area contributed by atoms with E-state index in [9.17, 15) is 18.0 Å². The molecule has 0 radical (unpaired) electrons. The van der Waals surface area contributed by atoms with Crippen molar-refractivity contribution in [1.82, 2.24) is 0 Å². The highest BCUT2D eigenvalue weighted by Crippen LogP contribution is 2.49. The topological polar surface area (TPSA) is 20.3 Å². The molecule has 126 valence electrons. The van der Waals surface area contributed by atoms with Crippen LogP contribution in [0.5, 0.6) is 0 Å². The number of nitrogens with zero attached hydrogens (tertiary/aromatic N) is 1. The Balaban J connectivity index is 1.71. The molecule has 2 atom stereocenters. The minimum absolute atomic E-state index is 0.0116. The summed E-state index contributed by atoms with van der Waals surface area (Å²) in [5.41, 5.74) is 0.989. The zero-order chi connectivity index (χ0) is 17.3. The normalized spacial score (nSPS) is 19.8. The van der Waals surface area contributed by atoms with Crippen molar-refractivity contribution in [1.29, 1.82) is 0 Å². The van der Waals surface area contributed by atoms with Crippen molar-refractivity contribution in [2.24, 2.45) is 5.92 Å². The molecule has 1 aliphatic carbocycles. The van der Waals surface area contributed by atoms with Gasteiger partial charge in [0.25, 0.3) is 0 Å². The number of hydrogen-bond acceptors (Lipinski definition) is 1. The smallest absolute Gasteiger partial charge is 0.312 e. The average molecular weight is 333 g/mol. The first-order chi connectivity index (χ1) is 11.4. The molecule has 0 aliphatic heterocycles. The van der Waals surface area contributed by atoms with Gasteiger partial charge in [-0.15, -0.1) is 0 Å².